The van der Waals surface area contributed by atoms with Crippen LogP contribution >= 0.6 is 0 Å². The van der Waals surface area contributed by atoms with Gasteiger partial charge in [-0.25, -0.2) is 22.6 Å². The molecule has 194 valence electrons. The molecule has 0 aliphatic heterocycles. The number of hydrogen-bond donors (Lipinski definition) is 2. The highest BCUT2D eigenvalue weighted by Gasteiger charge is 2.18. The molecule has 4 rings (SSSR count). The molecular weight excluding hydrogens is 488 g/mol. The summed E-state index contributed by atoms with van der Waals surface area (Å²) >= 11 is 0. The zero-order valence-electron chi connectivity index (χ0n) is 21.5. The van der Waals surface area contributed by atoms with Gasteiger partial charge >= 0.3 is 6.09 Å². The average Bonchev–Trinajstić information content (AvgIpc) is 3.13. The molecule has 0 saturated heterocycles. The zero-order valence-corrected chi connectivity index (χ0v) is 22.3. The summed E-state index contributed by atoms with van der Waals surface area (Å²) in [5, 5.41) is 4.75. The molecule has 4 N–H and O–H groups in total. The molecule has 0 aliphatic rings. The van der Waals surface area contributed by atoms with Gasteiger partial charge in [0.25, 0.3) is 10.0 Å². The fraction of sp³-hybridized carbons (Fsp3) is 0.214. The molecule has 1 amide bonds. The number of aryl methyl sites for hydroxylation is 3. The van der Waals surface area contributed by atoms with Gasteiger partial charge in [-0.15, -0.1) is 0 Å². The lowest BCUT2D eigenvalue weighted by molar-refractivity contribution is 0.154. The van der Waals surface area contributed by atoms with E-state index in [4.69, 9.17) is 9.84 Å². The second-order valence-corrected chi connectivity index (χ2v) is 10.5. The summed E-state index contributed by atoms with van der Waals surface area (Å²) in [6, 6.07) is 22.4. The average molecular weight is 521 g/mol. The van der Waals surface area contributed by atoms with Crippen molar-refractivity contribution in [2.24, 2.45) is 0 Å². The van der Waals surface area contributed by atoms with Crippen molar-refractivity contribution in [3.05, 3.63) is 101 Å². The zero-order chi connectivity index (χ0) is 25.9. The van der Waals surface area contributed by atoms with Gasteiger partial charge in [-0.2, -0.15) is 5.10 Å². The number of hydrogen-bond acceptors (Lipinski definition) is 6. The van der Waals surface area contributed by atoms with Gasteiger partial charge in [0.1, 0.15) is 0 Å². The summed E-state index contributed by atoms with van der Waals surface area (Å²) in [4.78, 5) is 12.0. The van der Waals surface area contributed by atoms with Crippen LogP contribution in [0.1, 0.15) is 28.1 Å². The molecular formula is C28H32N4O4S. The van der Waals surface area contributed by atoms with Gasteiger partial charge in [-0.3, -0.25) is 0 Å². The number of nitrogens with one attached hydrogen (secondary N) is 1. The molecule has 0 bridgehead atoms. The standard InChI is InChI=1S/C28H29N3O4S.H3N/c1-19-8-14-26(15-9-19)36(33,34)30-28(32)35-17-16-23-10-12-25(13-11-23)31-22(4)27(21(3)29-31)24-7-5-6-20(2)18-24;/h5-15,18H,16-17H2,1-4H3,(H,30,32);1H3. The molecule has 0 atom stereocenters. The predicted octanol–water partition coefficient (Wildman–Crippen LogP) is 5.59. The van der Waals surface area contributed by atoms with E-state index in [0.29, 0.717) is 6.42 Å². The topological polar surface area (TPSA) is 125 Å². The van der Waals surface area contributed by atoms with E-state index in [1.165, 1.54) is 17.7 Å². The van der Waals surface area contributed by atoms with Gasteiger partial charge in [-0.05, 0) is 63.1 Å². The number of ether oxygens (including phenoxy) is 1. The molecule has 0 fully saturated rings. The Balaban J connectivity index is 0.00000380. The van der Waals surface area contributed by atoms with Crippen molar-refractivity contribution in [1.82, 2.24) is 20.7 Å². The lowest BCUT2D eigenvalue weighted by Crippen LogP contribution is -2.31. The van der Waals surface area contributed by atoms with Gasteiger partial charge in [-0.1, -0.05) is 59.7 Å². The van der Waals surface area contributed by atoms with Crippen LogP contribution in [0.4, 0.5) is 4.79 Å². The maximum atomic E-state index is 12.3. The van der Waals surface area contributed by atoms with E-state index in [-0.39, 0.29) is 17.7 Å². The maximum absolute atomic E-state index is 12.3. The smallest absolute Gasteiger partial charge is 0.421 e. The fourth-order valence-electron chi connectivity index (χ4n) is 4.09. The summed E-state index contributed by atoms with van der Waals surface area (Å²) in [7, 11) is -3.97. The number of nitrogens with zero attached hydrogens (tertiary/aromatic N) is 2. The van der Waals surface area contributed by atoms with Crippen LogP contribution in [-0.4, -0.2) is 30.9 Å². The first-order chi connectivity index (χ1) is 17.1. The molecule has 0 saturated carbocycles. The van der Waals surface area contributed by atoms with Crippen molar-refractivity contribution < 1.29 is 17.9 Å². The van der Waals surface area contributed by atoms with Crippen LogP contribution in [0.15, 0.2) is 77.7 Å². The molecule has 0 spiro atoms. The van der Waals surface area contributed by atoms with E-state index in [9.17, 15) is 13.2 Å². The summed E-state index contributed by atoms with van der Waals surface area (Å²) in [6.07, 6.45) is -0.553. The van der Waals surface area contributed by atoms with Crippen molar-refractivity contribution in [2.45, 2.75) is 39.0 Å². The number of carbonyl (C=O) groups excluding carboxylic acids is 1. The highest BCUT2D eigenvalue weighted by molar-refractivity contribution is 7.90. The van der Waals surface area contributed by atoms with E-state index in [2.05, 4.69) is 38.1 Å². The third kappa shape index (κ3) is 6.44. The Morgan fingerprint density at radius 2 is 1.59 bits per heavy atom. The van der Waals surface area contributed by atoms with E-state index in [1.807, 2.05) is 47.5 Å². The minimum atomic E-state index is -3.97. The Bertz CT molecular complexity index is 1490. The maximum Gasteiger partial charge on any atom is 0.421 e. The third-order valence-electron chi connectivity index (χ3n) is 5.95. The second kappa shape index (κ2) is 11.4. The number of rotatable bonds is 7. The lowest BCUT2D eigenvalue weighted by atomic mass is 10.0. The van der Waals surface area contributed by atoms with Crippen LogP contribution < -0.4 is 10.9 Å². The Labute approximate surface area is 217 Å². The van der Waals surface area contributed by atoms with E-state index in [0.717, 1.165) is 39.3 Å². The predicted molar refractivity (Wildman–Crippen MR) is 145 cm³/mol. The summed E-state index contributed by atoms with van der Waals surface area (Å²) in [5.41, 5.74) is 8.30. The summed E-state index contributed by atoms with van der Waals surface area (Å²) in [6.45, 7) is 8.05. The second-order valence-electron chi connectivity index (χ2n) is 8.80. The molecule has 0 aliphatic carbocycles. The van der Waals surface area contributed by atoms with Crippen molar-refractivity contribution in [3.8, 4) is 16.8 Å². The van der Waals surface area contributed by atoms with Crippen LogP contribution in [0.25, 0.3) is 16.8 Å². The van der Waals surface area contributed by atoms with Crippen molar-refractivity contribution >= 4 is 16.1 Å². The molecule has 37 heavy (non-hydrogen) atoms. The van der Waals surface area contributed by atoms with E-state index < -0.39 is 16.1 Å². The van der Waals surface area contributed by atoms with Crippen LogP contribution in [0.5, 0.6) is 0 Å². The minimum Gasteiger partial charge on any atom is -0.448 e. The number of carbonyl (C=O) groups is 1. The van der Waals surface area contributed by atoms with Crippen molar-refractivity contribution in [3.63, 3.8) is 0 Å². The number of benzene rings is 3. The first-order valence-electron chi connectivity index (χ1n) is 11.6. The van der Waals surface area contributed by atoms with Crippen molar-refractivity contribution in [2.75, 3.05) is 6.61 Å². The van der Waals surface area contributed by atoms with Gasteiger partial charge in [0, 0.05) is 17.7 Å². The first-order valence-corrected chi connectivity index (χ1v) is 13.1. The van der Waals surface area contributed by atoms with Crippen LogP contribution in [-0.2, 0) is 21.2 Å². The first kappa shape index (κ1) is 27.6. The summed E-state index contributed by atoms with van der Waals surface area (Å²) in [5.74, 6) is 0. The van der Waals surface area contributed by atoms with Crippen molar-refractivity contribution in [1.29, 1.82) is 0 Å². The normalized spacial score (nSPS) is 11.0. The van der Waals surface area contributed by atoms with Crippen LogP contribution in [0.2, 0.25) is 0 Å². The molecule has 8 nitrogen and oxygen atoms in total. The Hall–Kier alpha value is -3.95. The number of aromatic nitrogens is 2. The van der Waals surface area contributed by atoms with Crippen LogP contribution in [0.3, 0.4) is 0 Å². The molecule has 9 heteroatoms. The van der Waals surface area contributed by atoms with Gasteiger partial charge in [0.15, 0.2) is 0 Å². The van der Waals surface area contributed by atoms with E-state index in [1.54, 1.807) is 12.1 Å². The highest BCUT2D eigenvalue weighted by atomic mass is 32.2. The molecule has 1 aromatic heterocycles. The minimum absolute atomic E-state index is 0. The number of amides is 1. The Kier molecular flexibility index (Phi) is 8.52. The van der Waals surface area contributed by atoms with Gasteiger partial charge in [0.2, 0.25) is 0 Å². The third-order valence-corrected chi connectivity index (χ3v) is 7.28. The fourth-order valence-corrected chi connectivity index (χ4v) is 4.98. The largest absolute Gasteiger partial charge is 0.448 e. The monoisotopic (exact) mass is 520 g/mol. The van der Waals surface area contributed by atoms with Crippen LogP contribution in [0, 0.1) is 27.7 Å². The molecule has 1 heterocycles. The SMILES string of the molecule is Cc1ccc(S(=O)(=O)NC(=O)OCCc2ccc(-n3nc(C)c(-c4cccc(C)c4)c3C)cc2)cc1.N. The quantitative estimate of drug-likeness (QED) is 0.327. The number of sulfonamides is 1. The highest BCUT2D eigenvalue weighted by Crippen LogP contribution is 2.29. The molecule has 4 aromatic rings. The Morgan fingerprint density at radius 3 is 2.24 bits per heavy atom. The van der Waals surface area contributed by atoms with Gasteiger partial charge in [0.05, 0.1) is 22.9 Å². The summed E-state index contributed by atoms with van der Waals surface area (Å²) < 4.78 is 33.6. The van der Waals surface area contributed by atoms with E-state index >= 15 is 0 Å². The Morgan fingerprint density at radius 1 is 0.919 bits per heavy atom. The molecule has 3 aromatic carbocycles. The van der Waals surface area contributed by atoms with Gasteiger partial charge < -0.3 is 10.9 Å². The lowest BCUT2D eigenvalue weighted by Gasteiger charge is -2.09. The molecule has 0 unspecified atom stereocenters. The molecule has 0 radical (unpaired) electrons.